The zero-order chi connectivity index (χ0) is 25.5. The Morgan fingerprint density at radius 1 is 0.395 bits per heavy atom. The summed E-state index contributed by atoms with van der Waals surface area (Å²) in [5.41, 5.74) is 15.5. The zero-order valence-electron chi connectivity index (χ0n) is 21.8. The number of hydrogen-bond acceptors (Lipinski definition) is 0. The van der Waals surface area contributed by atoms with E-state index in [0.29, 0.717) is 0 Å². The predicted molar refractivity (Wildman–Crippen MR) is 176 cm³/mol. The van der Waals surface area contributed by atoms with Crippen LogP contribution < -0.4 is 0 Å². The molecule has 0 saturated heterocycles. The van der Waals surface area contributed by atoms with Gasteiger partial charge in [-0.15, -0.1) is 0 Å². The van der Waals surface area contributed by atoms with Gasteiger partial charge in [-0.05, 0) is 163 Å². The summed E-state index contributed by atoms with van der Waals surface area (Å²) in [5, 5.41) is 0. The molecule has 4 aromatic carbocycles. The van der Waals surface area contributed by atoms with Crippen LogP contribution in [-0.2, 0) is 10.8 Å². The van der Waals surface area contributed by atoms with Crippen LogP contribution in [0.2, 0.25) is 0 Å². The lowest BCUT2D eigenvalue weighted by molar-refractivity contribution is 0.352. The topological polar surface area (TPSA) is 0 Å². The highest BCUT2D eigenvalue weighted by Gasteiger charge is 2.45. The van der Waals surface area contributed by atoms with Crippen molar-refractivity contribution in [1.29, 1.82) is 0 Å². The summed E-state index contributed by atoms with van der Waals surface area (Å²) in [6.45, 7) is 0. The lowest BCUT2D eigenvalue weighted by atomic mass is 9.67. The van der Waals surface area contributed by atoms with Crippen molar-refractivity contribution < 1.29 is 0 Å². The van der Waals surface area contributed by atoms with E-state index in [2.05, 4.69) is 118 Å². The van der Waals surface area contributed by atoms with E-state index in [4.69, 9.17) is 0 Å². The van der Waals surface area contributed by atoms with Gasteiger partial charge in [0.15, 0.2) is 0 Å². The summed E-state index contributed by atoms with van der Waals surface area (Å²) < 4.78 is 2.73. The first-order valence-electron chi connectivity index (χ1n) is 14.5. The van der Waals surface area contributed by atoms with Crippen LogP contribution in [0.1, 0.15) is 86.5 Å². The average molecular weight is 718 g/mol. The summed E-state index contributed by atoms with van der Waals surface area (Å²) in [7, 11) is 0. The maximum absolute atomic E-state index is 2.59. The van der Waals surface area contributed by atoms with Crippen LogP contribution in [0.4, 0.5) is 0 Å². The summed E-state index contributed by atoms with van der Waals surface area (Å²) >= 11 is 5.01. The molecule has 0 radical (unpaired) electrons. The van der Waals surface area contributed by atoms with Gasteiger partial charge in [0.05, 0.1) is 0 Å². The van der Waals surface area contributed by atoms with Gasteiger partial charge in [0, 0.05) is 18.0 Å². The SMILES string of the molecule is Ic1ccc2c(c1)C1(CCCCC1)c1cc(-c3ccc4c(c3)C3(CCCCC3)c3cc(I)ccc3-4)ccc1-2. The van der Waals surface area contributed by atoms with E-state index >= 15 is 0 Å². The molecule has 0 aromatic heterocycles. The summed E-state index contributed by atoms with van der Waals surface area (Å²) in [6.07, 6.45) is 13.3. The van der Waals surface area contributed by atoms with Crippen LogP contribution in [0.25, 0.3) is 33.4 Å². The maximum atomic E-state index is 2.59. The minimum Gasteiger partial charge on any atom is -0.0537 e. The molecule has 0 heterocycles. The first-order chi connectivity index (χ1) is 18.6. The fourth-order valence-corrected chi connectivity index (χ4v) is 9.66. The third kappa shape index (κ3) is 3.38. The van der Waals surface area contributed by atoms with Crippen molar-refractivity contribution in [2.45, 2.75) is 75.0 Å². The predicted octanol–water partition coefficient (Wildman–Crippen LogP) is 11.0. The second-order valence-electron chi connectivity index (χ2n) is 12.2. The van der Waals surface area contributed by atoms with E-state index in [1.165, 1.54) is 105 Å². The van der Waals surface area contributed by atoms with Gasteiger partial charge in [0.25, 0.3) is 0 Å². The summed E-state index contributed by atoms with van der Waals surface area (Å²) in [4.78, 5) is 0. The summed E-state index contributed by atoms with van der Waals surface area (Å²) in [5.74, 6) is 0. The normalized spacial score (nSPS) is 19.7. The molecule has 2 fully saturated rings. The van der Waals surface area contributed by atoms with E-state index in [-0.39, 0.29) is 10.8 Å². The lowest BCUT2D eigenvalue weighted by Crippen LogP contribution is -2.28. The van der Waals surface area contributed by atoms with E-state index in [0.717, 1.165) is 0 Å². The van der Waals surface area contributed by atoms with Crippen molar-refractivity contribution in [3.05, 3.63) is 102 Å². The summed E-state index contributed by atoms with van der Waals surface area (Å²) in [6, 6.07) is 29.2. The molecule has 0 nitrogen and oxygen atoms in total. The molecule has 4 aromatic rings. The van der Waals surface area contributed by atoms with Crippen LogP contribution in [-0.4, -0.2) is 0 Å². The van der Waals surface area contributed by atoms with E-state index < -0.39 is 0 Å². The van der Waals surface area contributed by atoms with Crippen molar-refractivity contribution in [3.63, 3.8) is 0 Å². The molecule has 4 aliphatic carbocycles. The molecule has 0 bridgehead atoms. The van der Waals surface area contributed by atoms with Crippen LogP contribution >= 0.6 is 45.2 Å². The number of hydrogen-bond donors (Lipinski definition) is 0. The Morgan fingerprint density at radius 3 is 1.13 bits per heavy atom. The Labute approximate surface area is 253 Å². The largest absolute Gasteiger partial charge is 0.0537 e. The molecule has 0 N–H and O–H groups in total. The van der Waals surface area contributed by atoms with Crippen LogP contribution in [0, 0.1) is 7.14 Å². The standard InChI is InChI=1S/C36H32I2/c37-25-9-13-29-27-11-7-23(19-31(27)35(33(29)21-25)15-3-1-4-16-35)24-8-12-28-30-14-10-26(38)22-34(30)36(32(28)20-24)17-5-2-6-18-36/h7-14,19-22H,1-6,15-18H2. The molecular formula is C36H32I2. The lowest BCUT2D eigenvalue weighted by Gasteiger charge is -2.36. The molecule has 2 saturated carbocycles. The van der Waals surface area contributed by atoms with Gasteiger partial charge >= 0.3 is 0 Å². The number of fused-ring (bicyclic) bond motifs is 10. The van der Waals surface area contributed by atoms with Gasteiger partial charge in [0.1, 0.15) is 0 Å². The second kappa shape index (κ2) is 8.92. The molecule has 0 unspecified atom stereocenters. The average Bonchev–Trinajstić information content (AvgIpc) is 3.35. The second-order valence-corrected chi connectivity index (χ2v) is 14.7. The smallest absolute Gasteiger partial charge is 0.0215 e. The maximum Gasteiger partial charge on any atom is 0.0215 e. The fraction of sp³-hybridized carbons (Fsp3) is 0.333. The number of benzene rings is 4. The molecular weight excluding hydrogens is 686 g/mol. The van der Waals surface area contributed by atoms with Crippen molar-refractivity contribution in [3.8, 4) is 33.4 Å². The van der Waals surface area contributed by atoms with Crippen molar-refractivity contribution in [1.82, 2.24) is 0 Å². The third-order valence-corrected chi connectivity index (χ3v) is 11.7. The monoisotopic (exact) mass is 718 g/mol. The molecule has 8 rings (SSSR count). The molecule has 190 valence electrons. The van der Waals surface area contributed by atoms with Crippen LogP contribution in [0.3, 0.4) is 0 Å². The fourth-order valence-electron chi connectivity index (χ4n) is 8.68. The van der Waals surface area contributed by atoms with E-state index in [1.807, 2.05) is 0 Å². The van der Waals surface area contributed by atoms with Gasteiger partial charge in [-0.2, -0.15) is 0 Å². The molecule has 4 aliphatic rings. The first kappa shape index (κ1) is 24.2. The minimum absolute atomic E-state index is 0.203. The Balaban J connectivity index is 1.29. The molecule has 0 aliphatic heterocycles. The number of halogens is 2. The highest BCUT2D eigenvalue weighted by Crippen LogP contribution is 2.58. The Bertz CT molecular complexity index is 1480. The van der Waals surface area contributed by atoms with Crippen molar-refractivity contribution >= 4 is 45.2 Å². The quantitative estimate of drug-likeness (QED) is 0.172. The van der Waals surface area contributed by atoms with E-state index in [9.17, 15) is 0 Å². The number of rotatable bonds is 1. The van der Waals surface area contributed by atoms with Gasteiger partial charge in [0.2, 0.25) is 0 Å². The Kier molecular flexibility index (Phi) is 5.67. The van der Waals surface area contributed by atoms with Gasteiger partial charge < -0.3 is 0 Å². The van der Waals surface area contributed by atoms with Gasteiger partial charge in [-0.1, -0.05) is 74.9 Å². The highest BCUT2D eigenvalue weighted by molar-refractivity contribution is 14.1. The third-order valence-electron chi connectivity index (χ3n) is 10.4. The minimum atomic E-state index is 0.203. The molecule has 2 heteroatoms. The molecule has 0 amide bonds. The molecule has 38 heavy (non-hydrogen) atoms. The Hall–Kier alpha value is -1.66. The molecule has 0 atom stereocenters. The molecule has 2 spiro atoms. The van der Waals surface area contributed by atoms with E-state index in [1.54, 1.807) is 22.3 Å². The van der Waals surface area contributed by atoms with Gasteiger partial charge in [-0.25, -0.2) is 0 Å². The Morgan fingerprint density at radius 2 is 0.737 bits per heavy atom. The van der Waals surface area contributed by atoms with Gasteiger partial charge in [-0.3, -0.25) is 0 Å². The van der Waals surface area contributed by atoms with Crippen LogP contribution in [0.5, 0.6) is 0 Å². The zero-order valence-corrected chi connectivity index (χ0v) is 26.1. The van der Waals surface area contributed by atoms with Crippen LogP contribution in [0.15, 0.2) is 72.8 Å². The van der Waals surface area contributed by atoms with Crippen molar-refractivity contribution in [2.24, 2.45) is 0 Å². The first-order valence-corrected chi connectivity index (χ1v) is 16.7. The highest BCUT2D eigenvalue weighted by atomic mass is 127. The van der Waals surface area contributed by atoms with Crippen molar-refractivity contribution in [2.75, 3.05) is 0 Å².